The summed E-state index contributed by atoms with van der Waals surface area (Å²) in [5, 5.41) is 12.9. The second-order valence-electron chi connectivity index (χ2n) is 7.22. The molecule has 0 spiro atoms. The second-order valence-corrected chi connectivity index (χ2v) is 8.66. The minimum atomic E-state index is -0.640. The highest BCUT2D eigenvalue weighted by Gasteiger charge is 2.18. The number of hydrogen-bond acceptors (Lipinski definition) is 4. The van der Waals surface area contributed by atoms with Crippen molar-refractivity contribution in [3.63, 3.8) is 0 Å². The van der Waals surface area contributed by atoms with E-state index in [0.29, 0.717) is 20.9 Å². The van der Waals surface area contributed by atoms with Crippen molar-refractivity contribution in [3.05, 3.63) is 115 Å². The van der Waals surface area contributed by atoms with Crippen LogP contribution in [-0.4, -0.2) is 10.5 Å². The number of carbonyl (C=O) groups excluding carboxylic acids is 1. The van der Waals surface area contributed by atoms with Gasteiger partial charge in [0.05, 0.1) is 20.9 Å². The number of aryl methyl sites for hydroxylation is 1. The minimum Gasteiger partial charge on any atom is -0.320 e. The summed E-state index contributed by atoms with van der Waals surface area (Å²) < 4.78 is 2.06. The molecule has 0 atom stereocenters. The number of nitrogens with zero attached hydrogens (tertiary/aromatic N) is 2. The number of benzene rings is 3. The van der Waals surface area contributed by atoms with Crippen molar-refractivity contribution in [1.82, 2.24) is 4.57 Å². The maximum Gasteiger partial charge on any atom is 0.273 e. The van der Waals surface area contributed by atoms with E-state index in [4.69, 9.17) is 11.6 Å². The van der Waals surface area contributed by atoms with Crippen LogP contribution in [0, 0.1) is 18.3 Å². The summed E-state index contributed by atoms with van der Waals surface area (Å²) >= 11 is 7.25. The molecule has 5 nitrogen and oxygen atoms in total. The van der Waals surface area contributed by atoms with Crippen LogP contribution < -0.4 is 20.1 Å². The van der Waals surface area contributed by atoms with Crippen LogP contribution in [0.25, 0.3) is 17.3 Å². The molecule has 0 radical (unpaired) electrons. The molecule has 0 aliphatic rings. The first-order chi connectivity index (χ1) is 16.0. The van der Waals surface area contributed by atoms with E-state index in [1.165, 1.54) is 4.57 Å². The molecule has 1 N–H and O–H groups in total. The summed E-state index contributed by atoms with van der Waals surface area (Å²) in [6.07, 6.45) is 1.76. The zero-order chi connectivity index (χ0) is 23.4. The number of halogens is 1. The molecule has 3 aromatic carbocycles. The number of nitriles is 1. The first-order valence-electron chi connectivity index (χ1n) is 10.0. The molecule has 162 valence electrons. The average molecular weight is 472 g/mol. The summed E-state index contributed by atoms with van der Waals surface area (Å²) in [5.74, 6) is -0.640. The molecule has 7 heteroatoms. The summed E-state index contributed by atoms with van der Waals surface area (Å²) in [7, 11) is 0. The smallest absolute Gasteiger partial charge is 0.273 e. The average Bonchev–Trinajstić information content (AvgIpc) is 3.13. The van der Waals surface area contributed by atoms with Crippen molar-refractivity contribution in [2.75, 3.05) is 5.32 Å². The number of carbonyl (C=O) groups is 1. The fraction of sp³-hybridized carbons (Fsp3) is 0.0385. The lowest BCUT2D eigenvalue weighted by Gasteiger charge is -2.07. The molecule has 0 bridgehead atoms. The van der Waals surface area contributed by atoms with Gasteiger partial charge in [0, 0.05) is 0 Å². The highest BCUT2D eigenvalue weighted by Crippen LogP contribution is 2.21. The van der Waals surface area contributed by atoms with Gasteiger partial charge in [-0.15, -0.1) is 11.3 Å². The molecule has 4 aromatic rings. The molecule has 1 aromatic heterocycles. The topological polar surface area (TPSA) is 74.9 Å². The predicted octanol–water partition coefficient (Wildman–Crippen LogP) is 4.00. The van der Waals surface area contributed by atoms with Gasteiger partial charge in [-0.1, -0.05) is 71.8 Å². The normalized spacial score (nSPS) is 12.2. The molecule has 0 unspecified atom stereocenters. The van der Waals surface area contributed by atoms with Gasteiger partial charge in [0.25, 0.3) is 11.5 Å². The maximum atomic E-state index is 13.4. The van der Waals surface area contributed by atoms with Crippen LogP contribution in [0.1, 0.15) is 11.1 Å². The Bertz CT molecular complexity index is 1550. The molecular weight excluding hydrogens is 454 g/mol. The standard InChI is InChI=1S/C26H18ClN3O2S/c1-17-11-13-18(14-12-17)15-23-25(32)30(19-7-3-2-4-8-19)26(33-23)20(16-28)24(31)29-22-10-6-5-9-21(22)27/h2-15H,1H3,(H,29,31)/b23-15+,26-20+. The van der Waals surface area contributed by atoms with E-state index in [9.17, 15) is 14.9 Å². The Labute approximate surface area is 199 Å². The van der Waals surface area contributed by atoms with Crippen LogP contribution in [0.15, 0.2) is 83.7 Å². The summed E-state index contributed by atoms with van der Waals surface area (Å²) in [6.45, 7) is 1.99. The zero-order valence-electron chi connectivity index (χ0n) is 17.6. The minimum absolute atomic E-state index is 0.176. The van der Waals surface area contributed by atoms with E-state index in [-0.39, 0.29) is 15.8 Å². The van der Waals surface area contributed by atoms with Crippen molar-refractivity contribution < 1.29 is 4.79 Å². The molecular formula is C26H18ClN3O2S. The molecule has 0 fully saturated rings. The largest absolute Gasteiger partial charge is 0.320 e. The van der Waals surface area contributed by atoms with Gasteiger partial charge in [0.2, 0.25) is 0 Å². The Morgan fingerprint density at radius 1 is 1.03 bits per heavy atom. The van der Waals surface area contributed by atoms with E-state index in [0.717, 1.165) is 22.5 Å². The fourth-order valence-electron chi connectivity index (χ4n) is 3.22. The van der Waals surface area contributed by atoms with Crippen LogP contribution in [0.2, 0.25) is 5.02 Å². The van der Waals surface area contributed by atoms with E-state index in [2.05, 4.69) is 5.32 Å². The quantitative estimate of drug-likeness (QED) is 0.488. The van der Waals surface area contributed by atoms with E-state index in [1.807, 2.05) is 43.3 Å². The van der Waals surface area contributed by atoms with Crippen LogP contribution in [0.5, 0.6) is 0 Å². The van der Waals surface area contributed by atoms with E-state index >= 15 is 0 Å². The monoisotopic (exact) mass is 471 g/mol. The zero-order valence-corrected chi connectivity index (χ0v) is 19.2. The van der Waals surface area contributed by atoms with Gasteiger partial charge in [-0.25, -0.2) is 0 Å². The van der Waals surface area contributed by atoms with Gasteiger partial charge in [0.15, 0.2) is 5.57 Å². The van der Waals surface area contributed by atoms with E-state index in [1.54, 1.807) is 54.6 Å². The lowest BCUT2D eigenvalue weighted by molar-refractivity contribution is -0.111. The van der Waals surface area contributed by atoms with Crippen molar-refractivity contribution >= 4 is 46.2 Å². The highest BCUT2D eigenvalue weighted by atomic mass is 35.5. The fourth-order valence-corrected chi connectivity index (χ4v) is 4.50. The Hall–Kier alpha value is -3.92. The van der Waals surface area contributed by atoms with Crippen molar-refractivity contribution in [2.24, 2.45) is 0 Å². The summed E-state index contributed by atoms with van der Waals surface area (Å²) in [5.41, 5.74) is 2.43. The Balaban J connectivity index is 1.95. The number of thiazole rings is 1. The third-order valence-electron chi connectivity index (χ3n) is 4.89. The maximum absolute atomic E-state index is 13.4. The van der Waals surface area contributed by atoms with Crippen molar-refractivity contribution in [3.8, 4) is 11.8 Å². The SMILES string of the molecule is Cc1ccc(/C=c2/s/c(=C(\C#N)C(=O)Nc3ccccc3Cl)n(-c3ccccc3)c2=O)cc1. The van der Waals surface area contributed by atoms with Gasteiger partial charge in [0.1, 0.15) is 10.7 Å². The van der Waals surface area contributed by atoms with Crippen LogP contribution in [0.3, 0.4) is 0 Å². The number of amides is 1. The molecule has 1 amide bonds. The van der Waals surface area contributed by atoms with Crippen LogP contribution in [0.4, 0.5) is 5.69 Å². The summed E-state index contributed by atoms with van der Waals surface area (Å²) in [6, 6.07) is 25.4. The predicted molar refractivity (Wildman–Crippen MR) is 133 cm³/mol. The number of nitrogens with one attached hydrogen (secondary N) is 1. The molecule has 0 saturated carbocycles. The number of rotatable bonds is 4. The lowest BCUT2D eigenvalue weighted by Crippen LogP contribution is -2.32. The molecule has 4 rings (SSSR count). The van der Waals surface area contributed by atoms with Gasteiger partial charge in [-0.3, -0.25) is 14.2 Å². The number of anilines is 1. The van der Waals surface area contributed by atoms with Crippen molar-refractivity contribution in [2.45, 2.75) is 6.92 Å². The Morgan fingerprint density at radius 3 is 2.36 bits per heavy atom. The molecule has 1 heterocycles. The molecule has 0 saturated heterocycles. The first kappa shape index (κ1) is 22.3. The lowest BCUT2D eigenvalue weighted by atomic mass is 10.1. The van der Waals surface area contributed by atoms with Gasteiger partial charge in [-0.05, 0) is 42.8 Å². The number of hydrogen-bond donors (Lipinski definition) is 1. The Kier molecular flexibility index (Phi) is 6.55. The highest BCUT2D eigenvalue weighted by molar-refractivity contribution is 7.07. The van der Waals surface area contributed by atoms with Crippen molar-refractivity contribution in [1.29, 1.82) is 5.26 Å². The second kappa shape index (κ2) is 9.70. The first-order valence-corrected chi connectivity index (χ1v) is 11.2. The Morgan fingerprint density at radius 2 is 1.70 bits per heavy atom. The van der Waals surface area contributed by atoms with Crippen LogP contribution in [-0.2, 0) is 4.79 Å². The third kappa shape index (κ3) is 4.80. The third-order valence-corrected chi connectivity index (χ3v) is 6.31. The van der Waals surface area contributed by atoms with E-state index < -0.39 is 5.91 Å². The number of para-hydroxylation sites is 2. The molecule has 0 aliphatic carbocycles. The van der Waals surface area contributed by atoms with Gasteiger partial charge in [-0.2, -0.15) is 5.26 Å². The summed E-state index contributed by atoms with van der Waals surface area (Å²) in [4.78, 5) is 26.4. The van der Waals surface area contributed by atoms with Gasteiger partial charge >= 0.3 is 0 Å². The molecule has 33 heavy (non-hydrogen) atoms. The van der Waals surface area contributed by atoms with Crippen LogP contribution >= 0.6 is 22.9 Å². The number of aromatic nitrogens is 1. The molecule has 0 aliphatic heterocycles. The van der Waals surface area contributed by atoms with Gasteiger partial charge < -0.3 is 5.32 Å².